The first kappa shape index (κ1) is 17.2. The molecule has 6 nitrogen and oxygen atoms in total. The summed E-state index contributed by atoms with van der Waals surface area (Å²) in [6.45, 7) is 0.381. The van der Waals surface area contributed by atoms with Crippen LogP contribution in [0.4, 0.5) is 5.69 Å². The first-order valence-electron chi connectivity index (χ1n) is 8.56. The Morgan fingerprint density at radius 1 is 1.15 bits per heavy atom. The Balaban J connectivity index is 1.40. The molecule has 0 bridgehead atoms. The molecule has 0 spiro atoms. The molecule has 0 amide bonds. The van der Waals surface area contributed by atoms with Crippen molar-refractivity contribution in [2.24, 2.45) is 0 Å². The van der Waals surface area contributed by atoms with Crippen LogP contribution in [0.5, 0.6) is 0 Å². The average Bonchev–Trinajstić information content (AvgIpc) is 3.42. The summed E-state index contributed by atoms with van der Waals surface area (Å²) in [6, 6.07) is 8.83. The van der Waals surface area contributed by atoms with E-state index in [0.717, 1.165) is 36.9 Å². The zero-order valence-electron chi connectivity index (χ0n) is 14.1. The molecular formula is C18H19N3O3S2. The Labute approximate surface area is 156 Å². The molecule has 2 heterocycles. The highest BCUT2D eigenvalue weighted by molar-refractivity contribution is 7.92. The molecule has 136 valence electrons. The molecule has 8 heteroatoms. The third-order valence-corrected chi connectivity index (χ3v) is 7.58. The summed E-state index contributed by atoms with van der Waals surface area (Å²) >= 11 is 1.58. The van der Waals surface area contributed by atoms with Gasteiger partial charge in [-0.15, -0.1) is 0 Å². The first-order chi connectivity index (χ1) is 12.6. The molecule has 1 aromatic carbocycles. The van der Waals surface area contributed by atoms with Gasteiger partial charge in [0.15, 0.2) is 9.84 Å². The van der Waals surface area contributed by atoms with Gasteiger partial charge in [0.1, 0.15) is 0 Å². The number of hydrogen-bond donors (Lipinski definition) is 1. The summed E-state index contributed by atoms with van der Waals surface area (Å²) in [5.74, 6) is 1.05. The molecule has 1 saturated carbocycles. The quantitative estimate of drug-likeness (QED) is 0.682. The maximum Gasteiger partial charge on any atom is 0.246 e. The predicted octanol–water partition coefficient (Wildman–Crippen LogP) is 4.13. The van der Waals surface area contributed by atoms with Gasteiger partial charge in [-0.1, -0.05) is 18.0 Å². The van der Waals surface area contributed by atoms with Crippen LogP contribution in [0.15, 0.2) is 50.5 Å². The minimum absolute atomic E-state index is 0.227. The molecular weight excluding hydrogens is 370 g/mol. The van der Waals surface area contributed by atoms with Gasteiger partial charge < -0.3 is 9.84 Å². The van der Waals surface area contributed by atoms with Gasteiger partial charge >= 0.3 is 0 Å². The van der Waals surface area contributed by atoms with Crippen LogP contribution in [0.3, 0.4) is 0 Å². The molecule has 0 saturated heterocycles. The van der Waals surface area contributed by atoms with Gasteiger partial charge in [0, 0.05) is 16.6 Å². The lowest BCUT2D eigenvalue weighted by molar-refractivity contribution is 0.384. The van der Waals surface area contributed by atoms with E-state index in [2.05, 4.69) is 15.5 Å². The van der Waals surface area contributed by atoms with E-state index < -0.39 is 9.84 Å². The Morgan fingerprint density at radius 2 is 1.92 bits per heavy atom. The van der Waals surface area contributed by atoms with Crippen molar-refractivity contribution in [1.82, 2.24) is 10.1 Å². The standard InChI is InChI=1S/C18H19N3O3S2/c22-26(23,15-3-1-2-4-15)16-7-5-14(6-8-16)19-11-17-20-18(21-24-17)13-9-10-25-12-13/h5-10,12,15,19H,1-4,11H2. The number of nitrogens with one attached hydrogen (secondary N) is 1. The van der Waals surface area contributed by atoms with Crippen molar-refractivity contribution < 1.29 is 12.9 Å². The molecule has 1 aliphatic rings. The second-order valence-corrected chi connectivity index (χ2v) is 9.36. The minimum Gasteiger partial charge on any atom is -0.376 e. The van der Waals surface area contributed by atoms with E-state index in [1.807, 2.05) is 16.8 Å². The second kappa shape index (κ2) is 7.20. The second-order valence-electron chi connectivity index (χ2n) is 6.35. The Hall–Kier alpha value is -2.19. The molecule has 1 aliphatic carbocycles. The van der Waals surface area contributed by atoms with Crippen molar-refractivity contribution in [3.05, 3.63) is 47.0 Å². The molecule has 1 fully saturated rings. The topological polar surface area (TPSA) is 85.1 Å². The fraction of sp³-hybridized carbons (Fsp3) is 0.333. The van der Waals surface area contributed by atoms with Crippen LogP contribution < -0.4 is 5.32 Å². The SMILES string of the molecule is O=S(=O)(c1ccc(NCc2nc(-c3ccsc3)no2)cc1)C1CCCC1. The van der Waals surface area contributed by atoms with Crippen LogP contribution in [0, 0.1) is 0 Å². The van der Waals surface area contributed by atoms with Gasteiger partial charge in [-0.05, 0) is 48.6 Å². The molecule has 0 unspecified atom stereocenters. The molecule has 0 radical (unpaired) electrons. The highest BCUT2D eigenvalue weighted by Crippen LogP contribution is 2.30. The van der Waals surface area contributed by atoms with Gasteiger partial charge in [0.2, 0.25) is 11.7 Å². The Morgan fingerprint density at radius 3 is 2.62 bits per heavy atom. The van der Waals surface area contributed by atoms with Gasteiger partial charge in [-0.3, -0.25) is 0 Å². The number of nitrogens with zero attached hydrogens (tertiary/aromatic N) is 2. The summed E-state index contributed by atoms with van der Waals surface area (Å²) < 4.78 is 30.4. The van der Waals surface area contributed by atoms with Gasteiger partial charge in [0.05, 0.1) is 16.7 Å². The van der Waals surface area contributed by atoms with Crippen molar-refractivity contribution in [1.29, 1.82) is 0 Å². The lowest BCUT2D eigenvalue weighted by atomic mass is 10.3. The van der Waals surface area contributed by atoms with Crippen LogP contribution in [0.2, 0.25) is 0 Å². The van der Waals surface area contributed by atoms with Crippen LogP contribution in [-0.4, -0.2) is 23.8 Å². The maximum atomic E-state index is 12.6. The molecule has 26 heavy (non-hydrogen) atoms. The van der Waals surface area contributed by atoms with Crippen LogP contribution in [0.25, 0.3) is 11.4 Å². The van der Waals surface area contributed by atoms with E-state index >= 15 is 0 Å². The molecule has 4 rings (SSSR count). The largest absolute Gasteiger partial charge is 0.376 e. The molecule has 0 aliphatic heterocycles. The maximum absolute atomic E-state index is 12.6. The fourth-order valence-corrected chi connectivity index (χ4v) is 5.66. The van der Waals surface area contributed by atoms with E-state index in [4.69, 9.17) is 4.52 Å². The van der Waals surface area contributed by atoms with Crippen LogP contribution >= 0.6 is 11.3 Å². The summed E-state index contributed by atoms with van der Waals surface area (Å²) in [4.78, 5) is 4.74. The van der Waals surface area contributed by atoms with E-state index in [0.29, 0.717) is 23.2 Å². The van der Waals surface area contributed by atoms with Crippen LogP contribution in [0.1, 0.15) is 31.6 Å². The molecule has 3 aromatic rings. The third-order valence-electron chi connectivity index (χ3n) is 4.62. The van der Waals surface area contributed by atoms with Crippen LogP contribution in [-0.2, 0) is 16.4 Å². The van der Waals surface area contributed by atoms with Crippen molar-refractivity contribution in [3.63, 3.8) is 0 Å². The van der Waals surface area contributed by atoms with Crippen molar-refractivity contribution in [2.75, 3.05) is 5.32 Å². The normalized spacial score (nSPS) is 15.4. The smallest absolute Gasteiger partial charge is 0.246 e. The number of thiophene rings is 1. The Kier molecular flexibility index (Phi) is 4.78. The average molecular weight is 390 g/mol. The number of aromatic nitrogens is 2. The number of benzene rings is 1. The minimum atomic E-state index is -3.21. The summed E-state index contributed by atoms with van der Waals surface area (Å²) in [6.07, 6.45) is 3.54. The highest BCUT2D eigenvalue weighted by Gasteiger charge is 2.30. The molecule has 1 N–H and O–H groups in total. The molecule has 0 atom stereocenters. The zero-order chi connectivity index (χ0) is 18.0. The van der Waals surface area contributed by atoms with E-state index in [1.165, 1.54) is 0 Å². The zero-order valence-corrected chi connectivity index (χ0v) is 15.7. The summed E-state index contributed by atoms with van der Waals surface area (Å²) in [7, 11) is -3.21. The van der Waals surface area contributed by atoms with Gasteiger partial charge in [-0.25, -0.2) is 8.42 Å². The predicted molar refractivity (Wildman–Crippen MR) is 101 cm³/mol. The lowest BCUT2D eigenvalue weighted by Crippen LogP contribution is -2.17. The molecule has 2 aromatic heterocycles. The number of hydrogen-bond acceptors (Lipinski definition) is 7. The first-order valence-corrected chi connectivity index (χ1v) is 11.0. The van der Waals surface area contributed by atoms with E-state index in [9.17, 15) is 8.42 Å². The van der Waals surface area contributed by atoms with E-state index in [1.54, 1.807) is 35.6 Å². The number of rotatable bonds is 6. The summed E-state index contributed by atoms with van der Waals surface area (Å²) in [5, 5.41) is 10.8. The number of sulfone groups is 1. The Bertz CT molecular complexity index is 958. The van der Waals surface area contributed by atoms with Gasteiger partial charge in [0.25, 0.3) is 0 Å². The fourth-order valence-electron chi connectivity index (χ4n) is 3.17. The number of anilines is 1. The van der Waals surface area contributed by atoms with Crippen molar-refractivity contribution in [2.45, 2.75) is 42.4 Å². The van der Waals surface area contributed by atoms with Crippen molar-refractivity contribution >= 4 is 26.9 Å². The van der Waals surface area contributed by atoms with Crippen molar-refractivity contribution in [3.8, 4) is 11.4 Å². The highest BCUT2D eigenvalue weighted by atomic mass is 32.2. The lowest BCUT2D eigenvalue weighted by Gasteiger charge is -2.11. The third kappa shape index (κ3) is 3.52. The van der Waals surface area contributed by atoms with Gasteiger partial charge in [-0.2, -0.15) is 16.3 Å². The van der Waals surface area contributed by atoms with E-state index in [-0.39, 0.29) is 5.25 Å². The monoisotopic (exact) mass is 389 g/mol. The summed E-state index contributed by atoms with van der Waals surface area (Å²) in [5.41, 5.74) is 1.75.